The summed E-state index contributed by atoms with van der Waals surface area (Å²) >= 11 is 0. The molecule has 156 valence electrons. The van der Waals surface area contributed by atoms with E-state index in [4.69, 9.17) is 9.15 Å². The van der Waals surface area contributed by atoms with Crippen molar-refractivity contribution in [3.8, 4) is 5.75 Å². The van der Waals surface area contributed by atoms with E-state index in [0.717, 1.165) is 18.7 Å². The molecule has 8 nitrogen and oxygen atoms in total. The van der Waals surface area contributed by atoms with Gasteiger partial charge in [-0.15, -0.1) is 0 Å². The zero-order valence-electron chi connectivity index (χ0n) is 16.7. The van der Waals surface area contributed by atoms with Crippen molar-refractivity contribution < 1.29 is 19.1 Å². The summed E-state index contributed by atoms with van der Waals surface area (Å²) in [6.45, 7) is 2.15. The van der Waals surface area contributed by atoms with Crippen molar-refractivity contribution in [1.29, 1.82) is 0 Å². The summed E-state index contributed by atoms with van der Waals surface area (Å²) in [6, 6.07) is 9.05. The summed E-state index contributed by atoms with van der Waals surface area (Å²) in [4.78, 5) is 41.7. The largest absolute Gasteiger partial charge is 0.508 e. The highest BCUT2D eigenvalue weighted by atomic mass is 16.5. The quantitative estimate of drug-likeness (QED) is 0.402. The molecule has 0 fully saturated rings. The second kappa shape index (κ2) is 7.09. The van der Waals surface area contributed by atoms with Crippen molar-refractivity contribution in [2.45, 2.75) is 32.9 Å². The number of aryl methyl sites for hydroxylation is 2. The Morgan fingerprint density at radius 1 is 1.19 bits per heavy atom. The van der Waals surface area contributed by atoms with Crippen LogP contribution in [0.3, 0.4) is 0 Å². The lowest BCUT2D eigenvalue weighted by Gasteiger charge is -2.10. The van der Waals surface area contributed by atoms with Gasteiger partial charge in [0.05, 0.1) is 16.5 Å². The molecule has 0 bridgehead atoms. The second-order valence-corrected chi connectivity index (χ2v) is 7.57. The maximum atomic E-state index is 12.6. The number of aromatic hydroxyl groups is 1. The van der Waals surface area contributed by atoms with Crippen molar-refractivity contribution in [3.05, 3.63) is 79.7 Å². The molecule has 0 saturated heterocycles. The lowest BCUT2D eigenvalue weighted by Crippen LogP contribution is -2.21. The van der Waals surface area contributed by atoms with E-state index in [2.05, 4.69) is 4.98 Å². The molecular formula is C23H18N2O6. The Hall–Kier alpha value is -3.94. The molecule has 2 aromatic heterocycles. The van der Waals surface area contributed by atoms with E-state index in [1.165, 1.54) is 18.2 Å². The molecule has 5 rings (SSSR count). The molecule has 1 N–H and O–H groups in total. The topological polar surface area (TPSA) is 112 Å². The molecule has 4 aromatic rings. The van der Waals surface area contributed by atoms with Gasteiger partial charge < -0.3 is 14.3 Å². The molecule has 8 heteroatoms. The summed E-state index contributed by atoms with van der Waals surface area (Å²) in [5, 5.41) is 10.9. The zero-order chi connectivity index (χ0) is 21.7. The lowest BCUT2D eigenvalue weighted by atomic mass is 10.1. The van der Waals surface area contributed by atoms with E-state index in [0.29, 0.717) is 34.0 Å². The van der Waals surface area contributed by atoms with Gasteiger partial charge in [-0.3, -0.25) is 9.36 Å². The maximum Gasteiger partial charge on any atom is 0.338 e. The Balaban J connectivity index is 1.45. The first kappa shape index (κ1) is 19.0. The molecule has 0 unspecified atom stereocenters. The number of phenols is 1. The third-order valence-electron chi connectivity index (χ3n) is 5.63. The average molecular weight is 418 g/mol. The van der Waals surface area contributed by atoms with E-state index in [-0.39, 0.29) is 29.1 Å². The molecule has 1 aliphatic heterocycles. The van der Waals surface area contributed by atoms with Crippen LogP contribution in [0.2, 0.25) is 0 Å². The highest BCUT2D eigenvalue weighted by Gasteiger charge is 2.18. The van der Waals surface area contributed by atoms with Gasteiger partial charge in [0, 0.05) is 35.5 Å². The van der Waals surface area contributed by atoms with Crippen LogP contribution in [0.4, 0.5) is 0 Å². The van der Waals surface area contributed by atoms with E-state index < -0.39 is 11.6 Å². The van der Waals surface area contributed by atoms with Gasteiger partial charge >= 0.3 is 11.6 Å². The van der Waals surface area contributed by atoms with E-state index in [1.54, 1.807) is 29.7 Å². The van der Waals surface area contributed by atoms with Crippen LogP contribution < -0.4 is 11.2 Å². The van der Waals surface area contributed by atoms with Gasteiger partial charge in [0.25, 0.3) is 5.56 Å². The first-order chi connectivity index (χ1) is 14.9. The van der Waals surface area contributed by atoms with Gasteiger partial charge in [0.15, 0.2) is 0 Å². The Morgan fingerprint density at radius 3 is 2.84 bits per heavy atom. The summed E-state index contributed by atoms with van der Waals surface area (Å²) in [5.74, 6) is 0.140. The zero-order valence-corrected chi connectivity index (χ0v) is 16.7. The molecule has 0 spiro atoms. The molecule has 0 radical (unpaired) electrons. The molecule has 0 saturated carbocycles. The first-order valence-electron chi connectivity index (χ1n) is 9.88. The van der Waals surface area contributed by atoms with Crippen LogP contribution in [0, 0.1) is 6.92 Å². The summed E-state index contributed by atoms with van der Waals surface area (Å²) in [5.41, 5.74) is 1.19. The predicted molar refractivity (Wildman–Crippen MR) is 112 cm³/mol. The van der Waals surface area contributed by atoms with Crippen LogP contribution in [-0.2, 0) is 24.3 Å². The van der Waals surface area contributed by atoms with Crippen molar-refractivity contribution in [1.82, 2.24) is 9.55 Å². The fourth-order valence-corrected chi connectivity index (χ4v) is 3.97. The Kier molecular flexibility index (Phi) is 4.35. The number of fused-ring (bicyclic) bond motifs is 3. The standard InChI is InChI=1S/C23H18N2O6/c1-12-18(26)7-6-15-14(10-20(27)31-21(12)15)11-30-23(29)13-4-5-16-17(9-13)24-19-3-2-8-25(19)22(16)28/h4-7,9-10,26H,2-3,8,11H2,1H3. The minimum absolute atomic E-state index is 0.0100. The van der Waals surface area contributed by atoms with Gasteiger partial charge in [0.2, 0.25) is 0 Å². The van der Waals surface area contributed by atoms with E-state index >= 15 is 0 Å². The summed E-state index contributed by atoms with van der Waals surface area (Å²) in [6.07, 6.45) is 1.61. The normalized spacial score (nSPS) is 12.9. The molecule has 2 aromatic carbocycles. The number of rotatable bonds is 3. The molecule has 1 aliphatic rings. The van der Waals surface area contributed by atoms with E-state index in [9.17, 15) is 19.5 Å². The highest BCUT2D eigenvalue weighted by molar-refractivity contribution is 5.94. The van der Waals surface area contributed by atoms with Crippen molar-refractivity contribution in [2.24, 2.45) is 0 Å². The maximum absolute atomic E-state index is 12.6. The minimum atomic E-state index is -0.600. The van der Waals surface area contributed by atoms with Crippen LogP contribution in [0.15, 0.2) is 50.4 Å². The SMILES string of the molecule is Cc1c(O)ccc2c(COC(=O)c3ccc4c(=O)n5c(nc4c3)CCC5)cc(=O)oc12. The van der Waals surface area contributed by atoms with Crippen molar-refractivity contribution in [3.63, 3.8) is 0 Å². The number of aromatic nitrogens is 2. The van der Waals surface area contributed by atoms with Gasteiger partial charge in [-0.2, -0.15) is 0 Å². The molecular weight excluding hydrogens is 400 g/mol. The molecule has 0 amide bonds. The Labute approximate surface area is 175 Å². The van der Waals surface area contributed by atoms with Crippen molar-refractivity contribution in [2.75, 3.05) is 0 Å². The summed E-state index contributed by atoms with van der Waals surface area (Å²) < 4.78 is 12.3. The van der Waals surface area contributed by atoms with E-state index in [1.807, 2.05) is 0 Å². The Bertz CT molecular complexity index is 1500. The van der Waals surface area contributed by atoms with Gasteiger partial charge in [-0.05, 0) is 43.7 Å². The lowest BCUT2D eigenvalue weighted by molar-refractivity contribution is 0.0474. The van der Waals surface area contributed by atoms with Crippen LogP contribution in [0.25, 0.3) is 21.9 Å². The molecule has 31 heavy (non-hydrogen) atoms. The molecule has 0 atom stereocenters. The number of nitrogens with zero attached hydrogens (tertiary/aromatic N) is 2. The second-order valence-electron chi connectivity index (χ2n) is 7.57. The molecule has 3 heterocycles. The fraction of sp³-hybridized carbons (Fsp3) is 0.217. The van der Waals surface area contributed by atoms with Gasteiger partial charge in [-0.25, -0.2) is 14.6 Å². The predicted octanol–water partition coefficient (Wildman–Crippen LogP) is 2.82. The number of hydrogen-bond donors (Lipinski definition) is 1. The van der Waals surface area contributed by atoms with Crippen LogP contribution in [-0.4, -0.2) is 20.6 Å². The highest BCUT2D eigenvalue weighted by Crippen LogP contribution is 2.28. The van der Waals surface area contributed by atoms with Crippen LogP contribution in [0.5, 0.6) is 5.75 Å². The Morgan fingerprint density at radius 2 is 2.00 bits per heavy atom. The smallest absolute Gasteiger partial charge is 0.338 e. The van der Waals surface area contributed by atoms with Gasteiger partial charge in [-0.1, -0.05) is 0 Å². The number of ether oxygens (including phenoxy) is 1. The fourth-order valence-electron chi connectivity index (χ4n) is 3.97. The number of carbonyl (C=O) groups is 1. The average Bonchev–Trinajstić information content (AvgIpc) is 3.23. The molecule has 0 aliphatic carbocycles. The summed E-state index contributed by atoms with van der Waals surface area (Å²) in [7, 11) is 0. The number of benzene rings is 2. The number of esters is 1. The number of phenolic OH excluding ortho intramolecular Hbond substituents is 1. The monoisotopic (exact) mass is 418 g/mol. The third kappa shape index (κ3) is 3.16. The van der Waals surface area contributed by atoms with Gasteiger partial charge in [0.1, 0.15) is 23.8 Å². The third-order valence-corrected chi connectivity index (χ3v) is 5.63. The number of carbonyl (C=O) groups excluding carboxylic acids is 1. The first-order valence-corrected chi connectivity index (χ1v) is 9.88. The number of hydrogen-bond acceptors (Lipinski definition) is 7. The van der Waals surface area contributed by atoms with Crippen LogP contribution >= 0.6 is 0 Å². The van der Waals surface area contributed by atoms with Crippen LogP contribution in [0.1, 0.15) is 33.7 Å². The van der Waals surface area contributed by atoms with Crippen molar-refractivity contribution >= 4 is 27.8 Å². The minimum Gasteiger partial charge on any atom is -0.508 e.